The molecule has 1 unspecified atom stereocenters. The van der Waals surface area contributed by atoms with E-state index in [2.05, 4.69) is 64.9 Å². The molecule has 1 atom stereocenters. The monoisotopic (exact) mass is 327 g/mol. The molecule has 0 amide bonds. The van der Waals surface area contributed by atoms with Crippen molar-refractivity contribution in [3.63, 3.8) is 0 Å². The van der Waals surface area contributed by atoms with E-state index in [9.17, 15) is 0 Å². The van der Waals surface area contributed by atoms with Crippen LogP contribution in [0.25, 0.3) is 0 Å². The molecule has 108 valence electrons. The summed E-state index contributed by atoms with van der Waals surface area (Å²) in [6, 6.07) is 8.67. The quantitative estimate of drug-likeness (QED) is 0.796. The smallest absolute Gasteiger partial charge is 0.0482 e. The molecule has 0 spiro atoms. The second-order valence-electron chi connectivity index (χ2n) is 5.11. The van der Waals surface area contributed by atoms with Crippen molar-refractivity contribution in [2.75, 3.05) is 40.3 Å². The molecule has 0 saturated heterocycles. The van der Waals surface area contributed by atoms with E-state index in [1.54, 1.807) is 0 Å². The Balaban J connectivity index is 2.86. The normalized spacial score (nSPS) is 13.2. The van der Waals surface area contributed by atoms with Crippen LogP contribution in [0.4, 0.5) is 0 Å². The van der Waals surface area contributed by atoms with Crippen molar-refractivity contribution < 1.29 is 0 Å². The fraction of sp³-hybridized carbons (Fsp3) is 0.600. The van der Waals surface area contributed by atoms with Crippen LogP contribution in [-0.2, 0) is 0 Å². The first-order valence-corrected chi connectivity index (χ1v) is 7.72. The lowest BCUT2D eigenvalue weighted by molar-refractivity contribution is 0.182. The molecular weight excluding hydrogens is 302 g/mol. The minimum absolute atomic E-state index is 0.287. The predicted molar refractivity (Wildman–Crippen MR) is 86.4 cm³/mol. The molecule has 1 rings (SSSR count). The molecule has 1 aromatic rings. The molecule has 4 heteroatoms. The topological polar surface area (TPSA) is 32.5 Å². The van der Waals surface area contributed by atoms with Crippen LogP contribution in [0, 0.1) is 0 Å². The van der Waals surface area contributed by atoms with Crippen LogP contribution in [0.5, 0.6) is 0 Å². The van der Waals surface area contributed by atoms with Gasteiger partial charge in [-0.1, -0.05) is 41.1 Å². The summed E-state index contributed by atoms with van der Waals surface area (Å²) in [7, 11) is 4.22. The molecule has 2 N–H and O–H groups in total. The Morgan fingerprint density at radius 3 is 2.37 bits per heavy atom. The summed E-state index contributed by atoms with van der Waals surface area (Å²) in [5.74, 6) is 0. The number of likely N-dealkylation sites (N-methyl/N-ethyl adjacent to an activating group) is 1. The van der Waals surface area contributed by atoms with Gasteiger partial charge in [0.15, 0.2) is 0 Å². The number of halogens is 1. The van der Waals surface area contributed by atoms with Crippen molar-refractivity contribution in [3.8, 4) is 0 Å². The predicted octanol–water partition coefficient (Wildman–Crippen LogP) is 2.72. The third-order valence-corrected chi connectivity index (χ3v) is 4.00. The molecule has 0 aliphatic carbocycles. The van der Waals surface area contributed by atoms with Crippen molar-refractivity contribution in [2.24, 2.45) is 5.73 Å². The molecule has 0 aliphatic heterocycles. The van der Waals surface area contributed by atoms with Crippen LogP contribution in [0.2, 0.25) is 0 Å². The molecule has 0 bridgehead atoms. The first-order valence-electron chi connectivity index (χ1n) is 6.93. The van der Waals surface area contributed by atoms with E-state index in [1.165, 1.54) is 5.56 Å². The minimum atomic E-state index is 0.287. The molecule has 3 nitrogen and oxygen atoms in total. The number of hydrogen-bond donors (Lipinski definition) is 1. The summed E-state index contributed by atoms with van der Waals surface area (Å²) in [6.07, 6.45) is 1.15. The summed E-state index contributed by atoms with van der Waals surface area (Å²) < 4.78 is 1.15. The lowest BCUT2D eigenvalue weighted by Crippen LogP contribution is -2.38. The molecular formula is C15H26BrN3. The van der Waals surface area contributed by atoms with Crippen molar-refractivity contribution >= 4 is 15.9 Å². The zero-order valence-electron chi connectivity index (χ0n) is 12.3. The van der Waals surface area contributed by atoms with Gasteiger partial charge in [-0.3, -0.25) is 4.90 Å². The second kappa shape index (κ2) is 8.69. The van der Waals surface area contributed by atoms with Crippen molar-refractivity contribution in [1.82, 2.24) is 9.80 Å². The van der Waals surface area contributed by atoms with Crippen molar-refractivity contribution in [2.45, 2.75) is 19.4 Å². The van der Waals surface area contributed by atoms with Crippen molar-refractivity contribution in [1.29, 1.82) is 0 Å². The summed E-state index contributed by atoms with van der Waals surface area (Å²) >= 11 is 3.64. The maximum atomic E-state index is 6.04. The van der Waals surface area contributed by atoms with Gasteiger partial charge in [0.25, 0.3) is 0 Å². The Kier molecular flexibility index (Phi) is 7.61. The van der Waals surface area contributed by atoms with E-state index in [0.29, 0.717) is 6.54 Å². The minimum Gasteiger partial charge on any atom is -0.329 e. The first kappa shape index (κ1) is 16.6. The zero-order valence-corrected chi connectivity index (χ0v) is 13.9. The van der Waals surface area contributed by atoms with Gasteiger partial charge in [0, 0.05) is 30.1 Å². The van der Waals surface area contributed by atoms with E-state index in [-0.39, 0.29) is 6.04 Å². The van der Waals surface area contributed by atoms with Gasteiger partial charge in [0.05, 0.1) is 0 Å². The number of benzene rings is 1. The standard InChI is InChI=1S/C15H26BrN3/c1-4-9-19(11-10-18(2)3)15(12-17)13-7-5-6-8-14(13)16/h5-8,15H,4,9-12,17H2,1-3H3. The van der Waals surface area contributed by atoms with Gasteiger partial charge < -0.3 is 10.6 Å². The second-order valence-corrected chi connectivity index (χ2v) is 5.97. The molecule has 1 aromatic carbocycles. The molecule has 0 heterocycles. The van der Waals surface area contributed by atoms with Crippen LogP contribution < -0.4 is 5.73 Å². The SMILES string of the molecule is CCCN(CCN(C)C)C(CN)c1ccccc1Br. The fourth-order valence-corrected chi connectivity index (χ4v) is 2.81. The highest BCUT2D eigenvalue weighted by Crippen LogP contribution is 2.27. The maximum Gasteiger partial charge on any atom is 0.0482 e. The van der Waals surface area contributed by atoms with Crippen LogP contribution >= 0.6 is 15.9 Å². The van der Waals surface area contributed by atoms with Gasteiger partial charge in [-0.05, 0) is 38.7 Å². The fourth-order valence-electron chi connectivity index (χ4n) is 2.26. The van der Waals surface area contributed by atoms with Gasteiger partial charge in [0.1, 0.15) is 0 Å². The van der Waals surface area contributed by atoms with Gasteiger partial charge in [-0.15, -0.1) is 0 Å². The first-order chi connectivity index (χ1) is 9.10. The third-order valence-electron chi connectivity index (χ3n) is 3.27. The zero-order chi connectivity index (χ0) is 14.3. The molecule has 0 aromatic heterocycles. The van der Waals surface area contributed by atoms with Crippen LogP contribution in [0.15, 0.2) is 28.7 Å². The van der Waals surface area contributed by atoms with Crippen LogP contribution in [0.3, 0.4) is 0 Å². The van der Waals surface area contributed by atoms with E-state index in [1.807, 2.05) is 6.07 Å². The van der Waals surface area contributed by atoms with E-state index >= 15 is 0 Å². The largest absolute Gasteiger partial charge is 0.329 e. The average Bonchev–Trinajstić information content (AvgIpc) is 2.38. The molecule has 19 heavy (non-hydrogen) atoms. The lowest BCUT2D eigenvalue weighted by Gasteiger charge is -2.32. The number of rotatable bonds is 8. The van der Waals surface area contributed by atoms with Crippen LogP contribution in [0.1, 0.15) is 24.9 Å². The molecule has 0 aliphatic rings. The number of hydrogen-bond acceptors (Lipinski definition) is 3. The summed E-state index contributed by atoms with van der Waals surface area (Å²) in [4.78, 5) is 4.70. The molecule has 0 radical (unpaired) electrons. The van der Waals surface area contributed by atoms with Crippen LogP contribution in [-0.4, -0.2) is 50.1 Å². The Bertz CT molecular complexity index is 368. The van der Waals surface area contributed by atoms with Gasteiger partial charge in [0.2, 0.25) is 0 Å². The number of nitrogens with zero attached hydrogens (tertiary/aromatic N) is 2. The summed E-state index contributed by atoms with van der Waals surface area (Å²) in [5, 5.41) is 0. The highest BCUT2D eigenvalue weighted by molar-refractivity contribution is 9.10. The Labute approximate surface area is 125 Å². The summed E-state index contributed by atoms with van der Waals surface area (Å²) in [5.41, 5.74) is 7.32. The van der Waals surface area contributed by atoms with Crippen molar-refractivity contribution in [3.05, 3.63) is 34.3 Å². The molecule has 0 fully saturated rings. The van der Waals surface area contributed by atoms with Gasteiger partial charge in [-0.2, -0.15) is 0 Å². The average molecular weight is 328 g/mol. The van der Waals surface area contributed by atoms with E-state index in [4.69, 9.17) is 5.73 Å². The molecule has 0 saturated carbocycles. The highest BCUT2D eigenvalue weighted by Gasteiger charge is 2.20. The van der Waals surface area contributed by atoms with E-state index < -0.39 is 0 Å². The Morgan fingerprint density at radius 1 is 1.16 bits per heavy atom. The lowest BCUT2D eigenvalue weighted by atomic mass is 10.0. The van der Waals surface area contributed by atoms with Gasteiger partial charge >= 0.3 is 0 Å². The van der Waals surface area contributed by atoms with Gasteiger partial charge in [-0.25, -0.2) is 0 Å². The Hall–Kier alpha value is -0.420. The maximum absolute atomic E-state index is 6.04. The summed E-state index contributed by atoms with van der Waals surface area (Å²) in [6.45, 7) is 6.05. The number of nitrogens with two attached hydrogens (primary N) is 1. The van der Waals surface area contributed by atoms with E-state index in [0.717, 1.165) is 30.5 Å². The Morgan fingerprint density at radius 2 is 1.84 bits per heavy atom. The third kappa shape index (κ3) is 5.22. The highest BCUT2D eigenvalue weighted by atomic mass is 79.9.